The van der Waals surface area contributed by atoms with Crippen molar-refractivity contribution < 1.29 is 9.53 Å². The maximum atomic E-state index is 12.9. The quantitative estimate of drug-likeness (QED) is 0.725. The first-order valence-electron chi connectivity index (χ1n) is 9.98. The normalized spacial score (nSPS) is 21.1. The first-order chi connectivity index (χ1) is 12.6. The second kappa shape index (κ2) is 12.0. The Balaban J connectivity index is 0.00000196. The molecule has 0 saturated carbocycles. The van der Waals surface area contributed by atoms with Crippen molar-refractivity contribution in [3.63, 3.8) is 0 Å². The van der Waals surface area contributed by atoms with Gasteiger partial charge in [-0.25, -0.2) is 0 Å². The Kier molecular flexibility index (Phi) is 10.8. The number of nitrogens with one attached hydrogen (secondary N) is 2. The number of hydrogen-bond acceptors (Lipinski definition) is 4. The van der Waals surface area contributed by atoms with Crippen LogP contribution in [0, 0.1) is 5.92 Å². The molecule has 2 fully saturated rings. The molecule has 3 rings (SSSR count). The largest absolute Gasteiger partial charge is 0.368 e. The molecule has 5 nitrogen and oxygen atoms in total. The summed E-state index contributed by atoms with van der Waals surface area (Å²) in [5.74, 6) is 0.830. The van der Waals surface area contributed by atoms with Crippen molar-refractivity contribution >= 4 is 30.7 Å². The number of halogens is 2. The molecule has 2 N–H and O–H groups in total. The predicted octanol–water partition coefficient (Wildman–Crippen LogP) is 3.19. The SMILES string of the molecule is COC1(C(=O)NCC(c2ccccc2)N2CCC(C)CC2)CCNCC1.Cl.Cl. The van der Waals surface area contributed by atoms with Gasteiger partial charge in [0.1, 0.15) is 5.60 Å². The van der Waals surface area contributed by atoms with E-state index in [-0.39, 0.29) is 36.8 Å². The van der Waals surface area contributed by atoms with Crippen LogP contribution in [0.4, 0.5) is 0 Å². The molecule has 1 aromatic rings. The fourth-order valence-electron chi connectivity index (χ4n) is 4.18. The summed E-state index contributed by atoms with van der Waals surface area (Å²) >= 11 is 0. The van der Waals surface area contributed by atoms with E-state index in [1.54, 1.807) is 7.11 Å². The molecule has 1 unspecified atom stereocenters. The fraction of sp³-hybridized carbons (Fsp3) is 0.667. The van der Waals surface area contributed by atoms with Gasteiger partial charge in [0.05, 0.1) is 6.04 Å². The molecule has 0 aliphatic carbocycles. The predicted molar refractivity (Wildman–Crippen MR) is 119 cm³/mol. The van der Waals surface area contributed by atoms with Gasteiger partial charge in [-0.2, -0.15) is 0 Å². The van der Waals surface area contributed by atoms with Crippen LogP contribution in [0.25, 0.3) is 0 Å². The molecule has 7 heteroatoms. The molecular weight excluding hydrogens is 397 g/mol. The van der Waals surface area contributed by atoms with Crippen molar-refractivity contribution in [3.8, 4) is 0 Å². The Bertz CT molecular complexity index is 574. The van der Waals surface area contributed by atoms with Crippen LogP contribution in [0.5, 0.6) is 0 Å². The third kappa shape index (κ3) is 6.07. The standard InChI is InChI=1S/C21H33N3O2.2ClH/c1-17-8-14-24(15-9-17)19(18-6-4-3-5-7-18)16-23-20(25)21(26-2)10-12-22-13-11-21;;/h3-7,17,19,22H,8-16H2,1-2H3,(H,23,25);2*1H. The van der Waals surface area contributed by atoms with Crippen LogP contribution in [0.3, 0.4) is 0 Å². The van der Waals surface area contributed by atoms with Gasteiger partial charge in [0.25, 0.3) is 5.91 Å². The molecule has 160 valence electrons. The number of rotatable bonds is 6. The highest BCUT2D eigenvalue weighted by molar-refractivity contribution is 5.86. The van der Waals surface area contributed by atoms with Gasteiger partial charge in [0.2, 0.25) is 0 Å². The lowest BCUT2D eigenvalue weighted by atomic mass is 9.90. The first kappa shape index (κ1) is 25.2. The van der Waals surface area contributed by atoms with Crippen LogP contribution in [-0.2, 0) is 9.53 Å². The zero-order chi connectivity index (χ0) is 18.4. The van der Waals surface area contributed by atoms with Crippen LogP contribution < -0.4 is 10.6 Å². The average molecular weight is 432 g/mol. The summed E-state index contributed by atoms with van der Waals surface area (Å²) in [5, 5.41) is 6.52. The van der Waals surface area contributed by atoms with Gasteiger partial charge in [-0.05, 0) is 63.3 Å². The Hall–Kier alpha value is -0.850. The van der Waals surface area contributed by atoms with E-state index >= 15 is 0 Å². The highest BCUT2D eigenvalue weighted by Crippen LogP contribution is 2.27. The molecule has 0 spiro atoms. The number of benzene rings is 1. The second-order valence-electron chi connectivity index (χ2n) is 7.80. The van der Waals surface area contributed by atoms with E-state index in [2.05, 4.69) is 46.7 Å². The van der Waals surface area contributed by atoms with Crippen molar-refractivity contribution in [2.24, 2.45) is 5.92 Å². The molecule has 2 aliphatic rings. The van der Waals surface area contributed by atoms with Crippen LogP contribution in [0.15, 0.2) is 30.3 Å². The number of likely N-dealkylation sites (tertiary alicyclic amines) is 1. The minimum absolute atomic E-state index is 0. The van der Waals surface area contributed by atoms with Crippen molar-refractivity contribution in [1.82, 2.24) is 15.5 Å². The minimum atomic E-state index is -0.678. The van der Waals surface area contributed by atoms with Crippen LogP contribution in [-0.4, -0.2) is 56.2 Å². The molecule has 1 amide bonds. The monoisotopic (exact) mass is 431 g/mol. The first-order valence-corrected chi connectivity index (χ1v) is 9.98. The topological polar surface area (TPSA) is 53.6 Å². The van der Waals surface area contributed by atoms with Crippen LogP contribution >= 0.6 is 24.8 Å². The summed E-state index contributed by atoms with van der Waals surface area (Å²) in [6.45, 7) is 6.80. The van der Waals surface area contributed by atoms with Gasteiger partial charge in [0, 0.05) is 13.7 Å². The molecular formula is C21H35Cl2N3O2. The Labute approximate surface area is 181 Å². The number of carbonyl (C=O) groups is 1. The highest BCUT2D eigenvalue weighted by atomic mass is 35.5. The molecule has 0 radical (unpaired) electrons. The van der Waals surface area contributed by atoms with Crippen molar-refractivity contribution in [1.29, 1.82) is 0 Å². The molecule has 28 heavy (non-hydrogen) atoms. The molecule has 2 aliphatic heterocycles. The van der Waals surface area contributed by atoms with Gasteiger partial charge in [0.15, 0.2) is 0 Å². The van der Waals surface area contributed by atoms with E-state index < -0.39 is 5.60 Å². The lowest BCUT2D eigenvalue weighted by Gasteiger charge is -2.39. The molecule has 0 bridgehead atoms. The van der Waals surface area contributed by atoms with E-state index in [9.17, 15) is 4.79 Å². The number of ether oxygens (including phenoxy) is 1. The van der Waals surface area contributed by atoms with Gasteiger partial charge >= 0.3 is 0 Å². The average Bonchev–Trinajstić information content (AvgIpc) is 2.70. The Morgan fingerprint density at radius 2 is 1.82 bits per heavy atom. The van der Waals surface area contributed by atoms with E-state index in [4.69, 9.17) is 4.74 Å². The third-order valence-corrected chi connectivity index (χ3v) is 6.12. The summed E-state index contributed by atoms with van der Waals surface area (Å²) < 4.78 is 5.67. The Morgan fingerprint density at radius 1 is 1.21 bits per heavy atom. The minimum Gasteiger partial charge on any atom is -0.368 e. The highest BCUT2D eigenvalue weighted by Gasteiger charge is 2.40. The van der Waals surface area contributed by atoms with Gasteiger partial charge in [-0.15, -0.1) is 24.8 Å². The smallest absolute Gasteiger partial charge is 0.252 e. The molecule has 0 aromatic heterocycles. The molecule has 2 heterocycles. The molecule has 1 aromatic carbocycles. The summed E-state index contributed by atoms with van der Waals surface area (Å²) in [4.78, 5) is 15.5. The summed E-state index contributed by atoms with van der Waals surface area (Å²) in [6.07, 6.45) is 3.91. The fourth-order valence-corrected chi connectivity index (χ4v) is 4.18. The molecule has 2 saturated heterocycles. The van der Waals surface area contributed by atoms with Gasteiger partial charge in [-0.1, -0.05) is 37.3 Å². The lowest BCUT2D eigenvalue weighted by molar-refractivity contribution is -0.147. The number of carbonyl (C=O) groups excluding carboxylic acids is 1. The van der Waals surface area contributed by atoms with Crippen LogP contribution in [0.2, 0.25) is 0 Å². The zero-order valence-electron chi connectivity index (χ0n) is 17.0. The second-order valence-corrected chi connectivity index (χ2v) is 7.80. The number of hydrogen-bond donors (Lipinski definition) is 2. The van der Waals surface area contributed by atoms with E-state index in [1.165, 1.54) is 18.4 Å². The maximum Gasteiger partial charge on any atom is 0.252 e. The number of nitrogens with zero attached hydrogens (tertiary/aromatic N) is 1. The summed E-state index contributed by atoms with van der Waals surface area (Å²) in [5.41, 5.74) is 0.599. The van der Waals surface area contributed by atoms with E-state index in [1.807, 2.05) is 6.07 Å². The molecule has 1 atom stereocenters. The van der Waals surface area contributed by atoms with E-state index in [0.29, 0.717) is 6.54 Å². The number of piperidine rings is 2. The zero-order valence-corrected chi connectivity index (χ0v) is 18.6. The van der Waals surface area contributed by atoms with Crippen molar-refractivity contribution in [3.05, 3.63) is 35.9 Å². The van der Waals surface area contributed by atoms with Gasteiger partial charge in [-0.3, -0.25) is 9.69 Å². The lowest BCUT2D eigenvalue weighted by Crippen LogP contribution is -2.55. The Morgan fingerprint density at radius 3 is 2.39 bits per heavy atom. The van der Waals surface area contributed by atoms with Gasteiger partial charge < -0.3 is 15.4 Å². The van der Waals surface area contributed by atoms with Crippen molar-refractivity contribution in [2.45, 2.75) is 44.2 Å². The van der Waals surface area contributed by atoms with Crippen molar-refractivity contribution in [2.75, 3.05) is 39.8 Å². The number of amides is 1. The van der Waals surface area contributed by atoms with Crippen LogP contribution in [0.1, 0.15) is 44.2 Å². The number of methoxy groups -OCH3 is 1. The summed E-state index contributed by atoms with van der Waals surface area (Å²) in [7, 11) is 1.66. The third-order valence-electron chi connectivity index (χ3n) is 6.12. The van der Waals surface area contributed by atoms with E-state index in [0.717, 1.165) is 44.9 Å². The maximum absolute atomic E-state index is 12.9. The summed E-state index contributed by atoms with van der Waals surface area (Å²) in [6, 6.07) is 10.8.